The normalized spacial score (nSPS) is 11.8. The van der Waals surface area contributed by atoms with Crippen LogP contribution in [0.4, 0.5) is 0 Å². The zero-order chi connectivity index (χ0) is 15.4. The van der Waals surface area contributed by atoms with E-state index in [0.29, 0.717) is 5.56 Å². The van der Waals surface area contributed by atoms with Crippen LogP contribution in [0.5, 0.6) is 5.75 Å². The first-order valence-corrected chi connectivity index (χ1v) is 7.03. The van der Waals surface area contributed by atoms with E-state index in [0.717, 1.165) is 16.9 Å². The van der Waals surface area contributed by atoms with E-state index in [4.69, 9.17) is 4.74 Å². The van der Waals surface area contributed by atoms with Gasteiger partial charge in [-0.05, 0) is 61.7 Å². The lowest BCUT2D eigenvalue weighted by Crippen LogP contribution is -2.26. The van der Waals surface area contributed by atoms with Gasteiger partial charge in [-0.25, -0.2) is 0 Å². The topological polar surface area (TPSA) is 38.3 Å². The number of rotatable bonds is 4. The molecular formula is C18H21NO2. The number of nitrogens with one attached hydrogen (secondary N) is 1. The number of hydrogen-bond acceptors (Lipinski definition) is 2. The second kappa shape index (κ2) is 6.44. The fourth-order valence-corrected chi connectivity index (χ4v) is 2.14. The van der Waals surface area contributed by atoms with Crippen LogP contribution in [0.15, 0.2) is 42.5 Å². The molecule has 2 aromatic carbocycles. The average molecular weight is 283 g/mol. The van der Waals surface area contributed by atoms with Crippen LogP contribution in [0.25, 0.3) is 0 Å². The Morgan fingerprint density at radius 1 is 1.05 bits per heavy atom. The monoisotopic (exact) mass is 283 g/mol. The van der Waals surface area contributed by atoms with E-state index in [1.165, 1.54) is 5.56 Å². The molecule has 2 rings (SSSR count). The van der Waals surface area contributed by atoms with Crippen LogP contribution in [-0.2, 0) is 0 Å². The van der Waals surface area contributed by atoms with Crippen molar-refractivity contribution < 1.29 is 9.53 Å². The summed E-state index contributed by atoms with van der Waals surface area (Å²) in [5.74, 6) is 0.757. The molecule has 0 bridgehead atoms. The van der Waals surface area contributed by atoms with Gasteiger partial charge in [0.25, 0.3) is 5.91 Å². The predicted octanol–water partition coefficient (Wildman–Crippen LogP) is 3.80. The Hall–Kier alpha value is -2.29. The van der Waals surface area contributed by atoms with Crippen molar-refractivity contribution in [3.05, 3.63) is 64.7 Å². The Bertz CT molecular complexity index is 632. The smallest absolute Gasteiger partial charge is 0.251 e. The number of carbonyl (C=O) groups excluding carboxylic acids is 1. The molecule has 0 fully saturated rings. The van der Waals surface area contributed by atoms with Gasteiger partial charge in [0.05, 0.1) is 13.2 Å². The summed E-state index contributed by atoms with van der Waals surface area (Å²) in [6, 6.07) is 13.4. The van der Waals surface area contributed by atoms with E-state index in [2.05, 4.69) is 5.32 Å². The lowest BCUT2D eigenvalue weighted by molar-refractivity contribution is 0.0940. The van der Waals surface area contributed by atoms with Crippen molar-refractivity contribution in [3.63, 3.8) is 0 Å². The van der Waals surface area contributed by atoms with E-state index in [1.54, 1.807) is 7.11 Å². The largest absolute Gasteiger partial charge is 0.497 e. The van der Waals surface area contributed by atoms with Crippen LogP contribution in [0.3, 0.4) is 0 Å². The first-order chi connectivity index (χ1) is 10.0. The Morgan fingerprint density at radius 3 is 2.29 bits per heavy atom. The van der Waals surface area contributed by atoms with Crippen molar-refractivity contribution in [2.45, 2.75) is 26.8 Å². The van der Waals surface area contributed by atoms with Gasteiger partial charge < -0.3 is 10.1 Å². The van der Waals surface area contributed by atoms with E-state index in [-0.39, 0.29) is 11.9 Å². The molecule has 1 atom stereocenters. The Balaban J connectivity index is 2.08. The van der Waals surface area contributed by atoms with Gasteiger partial charge >= 0.3 is 0 Å². The first kappa shape index (κ1) is 15.1. The van der Waals surface area contributed by atoms with Crippen LogP contribution in [0, 0.1) is 13.8 Å². The summed E-state index contributed by atoms with van der Waals surface area (Å²) in [7, 11) is 1.64. The molecule has 0 unspecified atom stereocenters. The number of ether oxygens (including phenoxy) is 1. The lowest BCUT2D eigenvalue weighted by atomic mass is 10.0. The van der Waals surface area contributed by atoms with Crippen molar-refractivity contribution in [1.29, 1.82) is 0 Å². The Kier molecular flexibility index (Phi) is 4.63. The molecule has 0 spiro atoms. The van der Waals surface area contributed by atoms with Gasteiger partial charge in [0, 0.05) is 5.56 Å². The average Bonchev–Trinajstić information content (AvgIpc) is 2.50. The molecule has 0 saturated carbocycles. The van der Waals surface area contributed by atoms with Gasteiger partial charge in [-0.2, -0.15) is 0 Å². The molecule has 110 valence electrons. The number of aryl methyl sites for hydroxylation is 2. The maximum atomic E-state index is 12.3. The summed E-state index contributed by atoms with van der Waals surface area (Å²) in [6.07, 6.45) is 0. The van der Waals surface area contributed by atoms with Crippen molar-refractivity contribution >= 4 is 5.91 Å². The number of benzene rings is 2. The molecule has 3 heteroatoms. The summed E-state index contributed by atoms with van der Waals surface area (Å²) in [4.78, 5) is 12.3. The number of carbonyl (C=O) groups is 1. The maximum Gasteiger partial charge on any atom is 0.251 e. The second-order valence-corrected chi connectivity index (χ2v) is 5.27. The highest BCUT2D eigenvalue weighted by atomic mass is 16.5. The molecule has 0 aliphatic rings. The van der Waals surface area contributed by atoms with Gasteiger partial charge in [0.1, 0.15) is 5.75 Å². The van der Waals surface area contributed by atoms with Crippen molar-refractivity contribution in [2.75, 3.05) is 7.11 Å². The van der Waals surface area contributed by atoms with E-state index in [1.807, 2.05) is 63.2 Å². The van der Waals surface area contributed by atoms with E-state index >= 15 is 0 Å². The number of hydrogen-bond donors (Lipinski definition) is 1. The lowest BCUT2D eigenvalue weighted by Gasteiger charge is -2.15. The minimum atomic E-state index is -0.0542. The van der Waals surface area contributed by atoms with Crippen LogP contribution >= 0.6 is 0 Å². The molecule has 0 radical (unpaired) electrons. The van der Waals surface area contributed by atoms with Gasteiger partial charge in [0.15, 0.2) is 0 Å². The highest BCUT2D eigenvalue weighted by Gasteiger charge is 2.12. The Labute approximate surface area is 126 Å². The molecule has 0 aromatic heterocycles. The standard InChI is InChI=1S/C18H21NO2/c1-12-5-6-16(11-13(12)2)18(20)19-14(3)15-7-9-17(21-4)10-8-15/h5-11,14H,1-4H3,(H,19,20)/t14-/m0/s1. The quantitative estimate of drug-likeness (QED) is 0.926. The SMILES string of the molecule is COc1ccc([C@H](C)NC(=O)c2ccc(C)c(C)c2)cc1. The van der Waals surface area contributed by atoms with Crippen LogP contribution in [0.2, 0.25) is 0 Å². The summed E-state index contributed by atoms with van der Waals surface area (Å²) >= 11 is 0. The summed E-state index contributed by atoms with van der Waals surface area (Å²) in [5, 5.41) is 3.02. The van der Waals surface area contributed by atoms with Gasteiger partial charge in [-0.15, -0.1) is 0 Å². The zero-order valence-corrected chi connectivity index (χ0v) is 12.9. The van der Waals surface area contributed by atoms with E-state index in [9.17, 15) is 4.79 Å². The number of methoxy groups -OCH3 is 1. The van der Waals surface area contributed by atoms with Gasteiger partial charge in [-0.3, -0.25) is 4.79 Å². The predicted molar refractivity (Wildman–Crippen MR) is 84.8 cm³/mol. The van der Waals surface area contributed by atoms with Crippen LogP contribution < -0.4 is 10.1 Å². The first-order valence-electron chi connectivity index (χ1n) is 7.03. The third-order valence-electron chi connectivity index (χ3n) is 3.73. The summed E-state index contributed by atoms with van der Waals surface area (Å²) in [5.41, 5.74) is 4.06. The molecule has 3 nitrogen and oxygen atoms in total. The molecule has 0 saturated heterocycles. The third kappa shape index (κ3) is 3.63. The molecule has 0 aliphatic heterocycles. The third-order valence-corrected chi connectivity index (χ3v) is 3.73. The van der Waals surface area contributed by atoms with Crippen molar-refractivity contribution in [1.82, 2.24) is 5.32 Å². The maximum absolute atomic E-state index is 12.3. The molecule has 1 amide bonds. The van der Waals surface area contributed by atoms with Crippen molar-refractivity contribution in [3.8, 4) is 5.75 Å². The summed E-state index contributed by atoms with van der Waals surface area (Å²) in [6.45, 7) is 6.02. The minimum Gasteiger partial charge on any atom is -0.497 e. The molecular weight excluding hydrogens is 262 g/mol. The van der Waals surface area contributed by atoms with Gasteiger partial charge in [0.2, 0.25) is 0 Å². The summed E-state index contributed by atoms with van der Waals surface area (Å²) < 4.78 is 5.14. The highest BCUT2D eigenvalue weighted by molar-refractivity contribution is 5.94. The zero-order valence-electron chi connectivity index (χ0n) is 12.9. The molecule has 0 aliphatic carbocycles. The Morgan fingerprint density at radius 2 is 1.71 bits per heavy atom. The fraction of sp³-hybridized carbons (Fsp3) is 0.278. The molecule has 21 heavy (non-hydrogen) atoms. The van der Waals surface area contributed by atoms with Crippen molar-refractivity contribution in [2.24, 2.45) is 0 Å². The minimum absolute atomic E-state index is 0.0509. The molecule has 0 heterocycles. The van der Waals surface area contributed by atoms with Crippen LogP contribution in [0.1, 0.15) is 40.0 Å². The molecule has 2 aromatic rings. The van der Waals surface area contributed by atoms with E-state index < -0.39 is 0 Å². The second-order valence-electron chi connectivity index (χ2n) is 5.27. The van der Waals surface area contributed by atoms with Crippen LogP contribution in [-0.4, -0.2) is 13.0 Å². The molecule has 1 N–H and O–H groups in total. The number of amides is 1. The highest BCUT2D eigenvalue weighted by Crippen LogP contribution is 2.18. The fourth-order valence-electron chi connectivity index (χ4n) is 2.14. The van der Waals surface area contributed by atoms with Gasteiger partial charge in [-0.1, -0.05) is 18.2 Å².